The summed E-state index contributed by atoms with van der Waals surface area (Å²) in [6, 6.07) is 5.19. The van der Waals surface area contributed by atoms with Crippen LogP contribution >= 0.6 is 0 Å². The maximum absolute atomic E-state index is 14.0. The molecular formula is C49H66F3N11O8. The minimum atomic E-state index is -4.57. The Hall–Kier alpha value is -6.00. The van der Waals surface area contributed by atoms with E-state index in [1.54, 1.807) is 35.3 Å². The second kappa shape index (κ2) is 23.9. The second-order valence-corrected chi connectivity index (χ2v) is 19.3. The minimum Gasteiger partial charge on any atom is -0.377 e. The lowest BCUT2D eigenvalue weighted by Gasteiger charge is -2.44. The number of alkyl halides is 3. The Morgan fingerprint density at radius 2 is 1.68 bits per heavy atom. The Bertz CT molecular complexity index is 2360. The number of hydrogen-bond donors (Lipinski definition) is 5. The number of pyridine rings is 1. The molecule has 7 rings (SSSR count). The van der Waals surface area contributed by atoms with Crippen LogP contribution in [0.25, 0.3) is 10.9 Å². The Morgan fingerprint density at radius 1 is 0.901 bits per heavy atom. The molecule has 2 aromatic heterocycles. The summed E-state index contributed by atoms with van der Waals surface area (Å²) in [4.78, 5) is 96.7. The van der Waals surface area contributed by atoms with Gasteiger partial charge in [0.2, 0.25) is 35.4 Å². The zero-order valence-electron chi connectivity index (χ0n) is 40.7. The molecule has 6 amide bonds. The van der Waals surface area contributed by atoms with Crippen molar-refractivity contribution < 1.29 is 51.4 Å². The molecule has 4 heterocycles. The molecule has 0 bridgehead atoms. The highest BCUT2D eigenvalue weighted by atomic mass is 19.4. The molecule has 4 aliphatic rings. The number of halogens is 3. The van der Waals surface area contributed by atoms with Crippen molar-refractivity contribution in [1.29, 1.82) is 0 Å². The molecule has 0 unspecified atom stereocenters. The van der Waals surface area contributed by atoms with Gasteiger partial charge in [-0.15, -0.1) is 0 Å². The van der Waals surface area contributed by atoms with Crippen LogP contribution in [-0.4, -0.2) is 162 Å². The third-order valence-corrected chi connectivity index (χ3v) is 14.4. The topological polar surface area (TPSA) is 229 Å². The lowest BCUT2D eigenvalue weighted by molar-refractivity contribution is -0.137. The number of amides is 6. The van der Waals surface area contributed by atoms with E-state index in [0.717, 1.165) is 24.1 Å². The number of anilines is 1. The highest BCUT2D eigenvalue weighted by molar-refractivity contribution is 5.94. The van der Waals surface area contributed by atoms with Gasteiger partial charge in [-0.1, -0.05) is 6.07 Å². The third-order valence-electron chi connectivity index (χ3n) is 14.4. The van der Waals surface area contributed by atoms with E-state index in [9.17, 15) is 41.9 Å². The first-order valence-corrected chi connectivity index (χ1v) is 24.5. The van der Waals surface area contributed by atoms with Crippen molar-refractivity contribution in [3.63, 3.8) is 0 Å². The molecule has 19 nitrogen and oxygen atoms in total. The minimum absolute atomic E-state index is 0.107. The molecule has 6 atom stereocenters. The first kappa shape index (κ1) is 52.8. The highest BCUT2D eigenvalue weighted by Crippen LogP contribution is 2.37. The van der Waals surface area contributed by atoms with Gasteiger partial charge in [0.05, 0.1) is 61.5 Å². The maximum Gasteiger partial charge on any atom is 0.416 e. The fraction of sp³-hybridized carbons (Fsp3) is 0.612. The number of likely N-dealkylation sites (tertiary alicyclic amines) is 2. The average molecular weight is 994 g/mol. The van der Waals surface area contributed by atoms with Crippen LogP contribution in [0.2, 0.25) is 0 Å². The highest BCUT2D eigenvalue weighted by Gasteiger charge is 2.45. The Labute approximate surface area is 411 Å². The van der Waals surface area contributed by atoms with E-state index in [2.05, 4.69) is 60.3 Å². The molecule has 71 heavy (non-hydrogen) atoms. The number of nitrogens with zero attached hydrogens (tertiary/aromatic N) is 6. The molecule has 3 aromatic rings. The zero-order valence-corrected chi connectivity index (χ0v) is 40.7. The zero-order chi connectivity index (χ0) is 50.8. The molecule has 0 radical (unpaired) electrons. The number of ether oxygens (including phenoxy) is 2. The van der Waals surface area contributed by atoms with E-state index in [1.165, 1.54) is 12.4 Å². The molecular weight excluding hydrogens is 928 g/mol. The maximum atomic E-state index is 14.0. The van der Waals surface area contributed by atoms with Gasteiger partial charge in [-0.2, -0.15) is 13.2 Å². The quantitative estimate of drug-likeness (QED) is 0.103. The number of carbonyl (C=O) groups is 6. The van der Waals surface area contributed by atoms with E-state index >= 15 is 0 Å². The summed E-state index contributed by atoms with van der Waals surface area (Å²) in [5.41, 5.74) is 0.259. The number of carbonyl (C=O) groups excluding carboxylic acids is 6. The standard InChI is InChI=1S/C49H66F3N11O8/c1-29(2)61(3)34-12-14-40(63-18-15-38(48(63)69)60-45-35-22-32(49(50,51)52)9-13-37(35)56-28-57-45)39(23-34)59-41(64)26-55-46(67)30-7-10-33(11-8-30)58-42(65)27-71-21-20-70-19-17-54-47(68)36-24-43(66)62(4)44(36)31-6-5-16-53-25-31/h5-6,9,13,16,22,25,28-30,33-34,36,38-40,44H,7-8,10-12,14-15,17-21,23-24,26-27H2,1-4H3,(H,54,68)(H,55,67)(H,58,65)(H,59,64)(H,56,57,60)/t30-,33+,34-,36+,38+,39-,40+,44-/m1/s1. The van der Waals surface area contributed by atoms with Crippen molar-refractivity contribution in [2.45, 2.75) is 120 Å². The van der Waals surface area contributed by atoms with Crippen molar-refractivity contribution in [3.05, 3.63) is 60.2 Å². The number of rotatable bonds is 20. The summed E-state index contributed by atoms with van der Waals surface area (Å²) in [5, 5.41) is 15.0. The largest absolute Gasteiger partial charge is 0.416 e. The van der Waals surface area contributed by atoms with Gasteiger partial charge in [0.25, 0.3) is 0 Å². The summed E-state index contributed by atoms with van der Waals surface area (Å²) < 4.78 is 51.8. The van der Waals surface area contributed by atoms with Gasteiger partial charge in [-0.3, -0.25) is 33.8 Å². The number of benzene rings is 1. The molecule has 0 spiro atoms. The molecule has 22 heteroatoms. The van der Waals surface area contributed by atoms with Crippen LogP contribution < -0.4 is 26.6 Å². The Kier molecular flexibility index (Phi) is 17.8. The fourth-order valence-corrected chi connectivity index (χ4v) is 10.3. The van der Waals surface area contributed by atoms with E-state index in [0.29, 0.717) is 57.0 Å². The van der Waals surface area contributed by atoms with Crippen molar-refractivity contribution in [3.8, 4) is 0 Å². The van der Waals surface area contributed by atoms with Gasteiger partial charge in [-0.25, -0.2) is 9.97 Å². The summed E-state index contributed by atoms with van der Waals surface area (Å²) >= 11 is 0. The van der Waals surface area contributed by atoms with Gasteiger partial charge in [0.1, 0.15) is 24.8 Å². The molecule has 5 N–H and O–H groups in total. The van der Waals surface area contributed by atoms with Gasteiger partial charge in [-0.05, 0) is 102 Å². The number of fused-ring (bicyclic) bond motifs is 1. The molecule has 2 saturated heterocycles. The summed E-state index contributed by atoms with van der Waals surface area (Å²) in [5.74, 6) is -2.22. The van der Waals surface area contributed by atoms with Gasteiger partial charge in [0, 0.05) is 68.4 Å². The van der Waals surface area contributed by atoms with Crippen LogP contribution in [0.4, 0.5) is 19.0 Å². The summed E-state index contributed by atoms with van der Waals surface area (Å²) in [6.07, 6.45) is 4.66. The lowest BCUT2D eigenvalue weighted by Crippen LogP contribution is -2.59. The number of nitrogens with one attached hydrogen (secondary N) is 5. The Balaban J connectivity index is 0.797. The monoisotopic (exact) mass is 994 g/mol. The van der Waals surface area contributed by atoms with Gasteiger partial charge in [0.15, 0.2) is 0 Å². The second-order valence-electron chi connectivity index (χ2n) is 19.3. The van der Waals surface area contributed by atoms with Crippen molar-refractivity contribution >= 4 is 52.2 Å². The van der Waals surface area contributed by atoms with Crippen molar-refractivity contribution in [1.82, 2.24) is 50.9 Å². The number of aromatic nitrogens is 3. The van der Waals surface area contributed by atoms with E-state index in [1.807, 2.05) is 13.1 Å². The van der Waals surface area contributed by atoms with Crippen LogP contribution in [0, 0.1) is 11.8 Å². The number of hydrogen-bond acceptors (Lipinski definition) is 13. The lowest BCUT2D eigenvalue weighted by atomic mass is 9.84. The van der Waals surface area contributed by atoms with Crippen LogP contribution in [-0.2, 0) is 44.4 Å². The first-order valence-electron chi connectivity index (χ1n) is 24.5. The smallest absolute Gasteiger partial charge is 0.377 e. The SMILES string of the molecule is CC(C)N(C)[C@@H]1CC[C@H](N2CC[C@H](Nc3ncnc4ccc(C(F)(F)F)cc34)C2=O)[C@H](NC(=O)CNC(=O)[C@H]2CC[C@@H](NC(=O)COCCOCCNC(=O)[C@H]3CC(=O)N(C)[C@@H]3c3cccnc3)CC2)C1. The predicted molar refractivity (Wildman–Crippen MR) is 254 cm³/mol. The van der Waals surface area contributed by atoms with Crippen LogP contribution in [0.5, 0.6) is 0 Å². The summed E-state index contributed by atoms with van der Waals surface area (Å²) in [7, 11) is 3.72. The molecule has 4 fully saturated rings. The molecule has 2 aliphatic carbocycles. The van der Waals surface area contributed by atoms with Crippen molar-refractivity contribution in [2.24, 2.45) is 11.8 Å². The predicted octanol–water partition coefficient (Wildman–Crippen LogP) is 2.96. The summed E-state index contributed by atoms with van der Waals surface area (Å²) in [6.45, 7) is 5.01. The van der Waals surface area contributed by atoms with Crippen LogP contribution in [0.15, 0.2) is 49.1 Å². The van der Waals surface area contributed by atoms with E-state index < -0.39 is 29.7 Å². The first-order chi connectivity index (χ1) is 34.0. The normalized spacial score (nSPS) is 24.9. The van der Waals surface area contributed by atoms with Crippen molar-refractivity contribution in [2.75, 3.05) is 65.5 Å². The average Bonchev–Trinajstić information content (AvgIpc) is 3.87. The molecule has 2 aliphatic heterocycles. The van der Waals surface area contributed by atoms with Crippen LogP contribution in [0.3, 0.4) is 0 Å². The van der Waals surface area contributed by atoms with Crippen LogP contribution in [0.1, 0.15) is 88.8 Å². The Morgan fingerprint density at radius 3 is 2.41 bits per heavy atom. The van der Waals surface area contributed by atoms with Gasteiger partial charge >= 0.3 is 6.18 Å². The third kappa shape index (κ3) is 13.5. The molecule has 2 saturated carbocycles. The van der Waals surface area contributed by atoms with Gasteiger partial charge < -0.3 is 50.8 Å². The molecule has 1 aromatic carbocycles. The molecule has 386 valence electrons. The van der Waals surface area contributed by atoms with E-state index in [-0.39, 0.29) is 129 Å². The fourth-order valence-electron chi connectivity index (χ4n) is 10.3. The van der Waals surface area contributed by atoms with E-state index in [4.69, 9.17) is 9.47 Å².